The molecule has 1 aliphatic rings. The molecule has 122 valence electrons. The third-order valence-electron chi connectivity index (χ3n) is 4.27. The lowest BCUT2D eigenvalue weighted by molar-refractivity contribution is 0.788. The van der Waals surface area contributed by atoms with Crippen molar-refractivity contribution in [2.24, 2.45) is 4.99 Å². The molecule has 3 rings (SSSR count). The highest BCUT2D eigenvalue weighted by molar-refractivity contribution is 14.0. The van der Waals surface area contributed by atoms with Crippen LogP contribution in [0.3, 0.4) is 0 Å². The van der Waals surface area contributed by atoms with Crippen molar-refractivity contribution < 1.29 is 0 Å². The molecular weight excluding hydrogens is 397 g/mol. The Morgan fingerprint density at radius 2 is 1.78 bits per heavy atom. The summed E-state index contributed by atoms with van der Waals surface area (Å²) < 4.78 is 0. The first-order valence-corrected chi connectivity index (χ1v) is 7.84. The smallest absolute Gasteiger partial charge is 0.191 e. The van der Waals surface area contributed by atoms with Crippen molar-refractivity contribution in [1.29, 1.82) is 0 Å². The Labute approximate surface area is 155 Å². The van der Waals surface area contributed by atoms with E-state index in [1.807, 2.05) is 7.05 Å². The average molecular weight is 421 g/mol. The Bertz CT molecular complexity index is 655. The summed E-state index contributed by atoms with van der Waals surface area (Å²) in [6.45, 7) is 2.94. The molecule has 2 unspecified atom stereocenters. The Kier molecular flexibility index (Phi) is 6.45. The number of halogens is 1. The minimum atomic E-state index is 0. The lowest BCUT2D eigenvalue weighted by Crippen LogP contribution is -2.38. The van der Waals surface area contributed by atoms with E-state index < -0.39 is 0 Å². The van der Waals surface area contributed by atoms with Crippen LogP contribution in [0.1, 0.15) is 29.0 Å². The summed E-state index contributed by atoms with van der Waals surface area (Å²) in [5, 5.41) is 6.93. The average Bonchev–Trinajstić information content (AvgIpc) is 3.33. The minimum absolute atomic E-state index is 0. The Balaban J connectivity index is 0.00000192. The maximum Gasteiger partial charge on any atom is 0.191 e. The lowest BCUT2D eigenvalue weighted by Gasteiger charge is -2.13. The fraction of sp³-hybridized carbons (Fsp3) is 0.316. The molecule has 0 saturated heterocycles. The largest absolute Gasteiger partial charge is 0.353 e. The van der Waals surface area contributed by atoms with Crippen LogP contribution in [0.4, 0.5) is 0 Å². The number of aryl methyl sites for hydroxylation is 1. The predicted octanol–water partition coefficient (Wildman–Crippen LogP) is 3.83. The molecule has 3 nitrogen and oxygen atoms in total. The van der Waals surface area contributed by atoms with E-state index in [1.165, 1.54) is 23.1 Å². The maximum atomic E-state index is 4.34. The molecule has 2 aromatic rings. The van der Waals surface area contributed by atoms with Gasteiger partial charge in [0.1, 0.15) is 0 Å². The van der Waals surface area contributed by atoms with Gasteiger partial charge in [-0.3, -0.25) is 4.99 Å². The molecule has 1 fully saturated rings. The van der Waals surface area contributed by atoms with Crippen LogP contribution in [0.15, 0.2) is 59.6 Å². The normalized spacial score (nSPS) is 19.7. The quantitative estimate of drug-likeness (QED) is 0.447. The second-order valence-corrected chi connectivity index (χ2v) is 5.86. The van der Waals surface area contributed by atoms with E-state index in [4.69, 9.17) is 0 Å². The summed E-state index contributed by atoms with van der Waals surface area (Å²) in [4.78, 5) is 4.34. The van der Waals surface area contributed by atoms with Gasteiger partial charge in [-0.2, -0.15) is 0 Å². The van der Waals surface area contributed by atoms with E-state index in [0.29, 0.717) is 12.0 Å². The SMILES string of the molecule is CN=C(NCc1ccccc1C)NC1CC1c1ccccc1.I. The zero-order valence-electron chi connectivity index (χ0n) is 13.6. The molecule has 0 amide bonds. The number of aliphatic imine (C=N–C) groups is 1. The van der Waals surface area contributed by atoms with Crippen LogP contribution >= 0.6 is 24.0 Å². The highest BCUT2D eigenvalue weighted by atomic mass is 127. The van der Waals surface area contributed by atoms with Crippen LogP contribution in [0, 0.1) is 6.92 Å². The molecule has 0 aromatic heterocycles. The highest BCUT2D eigenvalue weighted by Crippen LogP contribution is 2.40. The number of hydrogen-bond acceptors (Lipinski definition) is 1. The molecule has 0 radical (unpaired) electrons. The van der Waals surface area contributed by atoms with Gasteiger partial charge in [-0.15, -0.1) is 24.0 Å². The third kappa shape index (κ3) is 4.70. The summed E-state index contributed by atoms with van der Waals surface area (Å²) in [5.41, 5.74) is 4.02. The van der Waals surface area contributed by atoms with E-state index in [1.54, 1.807) is 0 Å². The monoisotopic (exact) mass is 421 g/mol. The van der Waals surface area contributed by atoms with E-state index in [0.717, 1.165) is 12.5 Å². The van der Waals surface area contributed by atoms with Gasteiger partial charge in [0.05, 0.1) is 0 Å². The fourth-order valence-corrected chi connectivity index (χ4v) is 2.78. The maximum absolute atomic E-state index is 4.34. The van der Waals surface area contributed by atoms with E-state index in [2.05, 4.69) is 77.1 Å². The predicted molar refractivity (Wildman–Crippen MR) is 108 cm³/mol. The van der Waals surface area contributed by atoms with Crippen molar-refractivity contribution in [3.05, 3.63) is 71.3 Å². The van der Waals surface area contributed by atoms with Gasteiger partial charge in [-0.25, -0.2) is 0 Å². The summed E-state index contributed by atoms with van der Waals surface area (Å²) >= 11 is 0. The molecule has 4 heteroatoms. The summed E-state index contributed by atoms with van der Waals surface area (Å²) in [6, 6.07) is 19.6. The van der Waals surface area contributed by atoms with Crippen LogP contribution in [0.5, 0.6) is 0 Å². The number of guanidine groups is 1. The third-order valence-corrected chi connectivity index (χ3v) is 4.27. The van der Waals surface area contributed by atoms with Crippen LogP contribution in [0.2, 0.25) is 0 Å². The summed E-state index contributed by atoms with van der Waals surface area (Å²) in [7, 11) is 1.83. The molecule has 2 atom stereocenters. The highest BCUT2D eigenvalue weighted by Gasteiger charge is 2.38. The number of nitrogens with zero attached hydrogens (tertiary/aromatic N) is 1. The van der Waals surface area contributed by atoms with Crippen LogP contribution in [-0.4, -0.2) is 19.0 Å². The van der Waals surface area contributed by atoms with Gasteiger partial charge in [0, 0.05) is 25.6 Å². The van der Waals surface area contributed by atoms with E-state index in [-0.39, 0.29) is 24.0 Å². The molecule has 0 aliphatic heterocycles. The molecule has 2 N–H and O–H groups in total. The lowest BCUT2D eigenvalue weighted by atomic mass is 10.1. The van der Waals surface area contributed by atoms with Crippen molar-refractivity contribution in [3.8, 4) is 0 Å². The van der Waals surface area contributed by atoms with Gasteiger partial charge >= 0.3 is 0 Å². The first kappa shape index (κ1) is 17.8. The zero-order valence-corrected chi connectivity index (χ0v) is 16.0. The molecule has 23 heavy (non-hydrogen) atoms. The Morgan fingerprint density at radius 1 is 1.09 bits per heavy atom. The molecular formula is C19H24IN3. The first-order chi connectivity index (χ1) is 10.8. The summed E-state index contributed by atoms with van der Waals surface area (Å²) in [6.07, 6.45) is 1.18. The standard InChI is InChI=1S/C19H23N3.HI/c1-14-8-6-7-11-16(14)13-21-19(20-2)22-18-12-17(18)15-9-4-3-5-10-15;/h3-11,17-18H,12-13H2,1-2H3,(H2,20,21,22);1H. The van der Waals surface area contributed by atoms with Gasteiger partial charge in [-0.05, 0) is 30.0 Å². The van der Waals surface area contributed by atoms with Crippen molar-refractivity contribution in [3.63, 3.8) is 0 Å². The van der Waals surface area contributed by atoms with Crippen molar-refractivity contribution in [1.82, 2.24) is 10.6 Å². The molecule has 1 saturated carbocycles. The van der Waals surface area contributed by atoms with Gasteiger partial charge in [0.25, 0.3) is 0 Å². The number of nitrogens with one attached hydrogen (secondary N) is 2. The zero-order chi connectivity index (χ0) is 15.4. The van der Waals surface area contributed by atoms with Gasteiger partial charge in [0.2, 0.25) is 0 Å². The molecule has 1 aliphatic carbocycles. The van der Waals surface area contributed by atoms with Gasteiger partial charge < -0.3 is 10.6 Å². The summed E-state index contributed by atoms with van der Waals surface area (Å²) in [5.74, 6) is 1.49. The molecule has 0 spiro atoms. The Morgan fingerprint density at radius 3 is 2.48 bits per heavy atom. The van der Waals surface area contributed by atoms with Crippen molar-refractivity contribution >= 4 is 29.9 Å². The first-order valence-electron chi connectivity index (χ1n) is 7.84. The second-order valence-electron chi connectivity index (χ2n) is 5.86. The van der Waals surface area contributed by atoms with Crippen LogP contribution in [0.25, 0.3) is 0 Å². The van der Waals surface area contributed by atoms with Gasteiger partial charge in [0.15, 0.2) is 5.96 Å². The number of hydrogen-bond donors (Lipinski definition) is 2. The number of rotatable bonds is 4. The van der Waals surface area contributed by atoms with Gasteiger partial charge in [-0.1, -0.05) is 54.6 Å². The fourth-order valence-electron chi connectivity index (χ4n) is 2.78. The topological polar surface area (TPSA) is 36.4 Å². The van der Waals surface area contributed by atoms with Crippen molar-refractivity contribution in [2.45, 2.75) is 31.8 Å². The molecule has 2 aromatic carbocycles. The Hall–Kier alpha value is -1.56. The molecule has 0 bridgehead atoms. The van der Waals surface area contributed by atoms with E-state index >= 15 is 0 Å². The van der Waals surface area contributed by atoms with E-state index in [9.17, 15) is 0 Å². The van der Waals surface area contributed by atoms with Crippen LogP contribution in [-0.2, 0) is 6.54 Å². The minimum Gasteiger partial charge on any atom is -0.353 e. The number of benzene rings is 2. The van der Waals surface area contributed by atoms with Crippen molar-refractivity contribution in [2.75, 3.05) is 7.05 Å². The molecule has 0 heterocycles. The second kappa shape index (κ2) is 8.34. The van der Waals surface area contributed by atoms with Crippen LogP contribution < -0.4 is 10.6 Å².